The first-order chi connectivity index (χ1) is 17.8. The molecule has 9 nitrogen and oxygen atoms in total. The highest BCUT2D eigenvalue weighted by Crippen LogP contribution is 2.37. The van der Waals surface area contributed by atoms with E-state index in [1.165, 1.54) is 24.3 Å². The number of halogens is 1. The van der Waals surface area contributed by atoms with Crippen LogP contribution in [0.2, 0.25) is 5.02 Å². The van der Waals surface area contributed by atoms with E-state index in [4.69, 9.17) is 21.1 Å². The van der Waals surface area contributed by atoms with Gasteiger partial charge in [0.05, 0.1) is 41.6 Å². The van der Waals surface area contributed by atoms with Gasteiger partial charge in [-0.25, -0.2) is 8.42 Å². The van der Waals surface area contributed by atoms with E-state index in [9.17, 15) is 18.0 Å². The van der Waals surface area contributed by atoms with Crippen molar-refractivity contribution in [1.82, 2.24) is 4.90 Å². The summed E-state index contributed by atoms with van der Waals surface area (Å²) in [5, 5.41) is 3.18. The first kappa shape index (κ1) is 25.1. The fraction of sp³-hybridized carbons (Fsp3) is 0.231. The summed E-state index contributed by atoms with van der Waals surface area (Å²) in [4.78, 5) is 28.2. The number of sulfonamides is 1. The molecule has 0 aliphatic carbocycles. The van der Waals surface area contributed by atoms with E-state index in [1.54, 1.807) is 53.4 Å². The Labute approximate surface area is 219 Å². The molecule has 1 saturated heterocycles. The van der Waals surface area contributed by atoms with Gasteiger partial charge >= 0.3 is 0 Å². The van der Waals surface area contributed by atoms with Crippen LogP contribution in [-0.2, 0) is 19.6 Å². The topological polar surface area (TPSA) is 105 Å². The Morgan fingerprint density at radius 1 is 0.919 bits per heavy atom. The lowest BCUT2D eigenvalue weighted by atomic mass is 10.1. The smallest absolute Gasteiger partial charge is 0.267 e. The number of nitrogens with zero attached hydrogens (tertiary/aromatic N) is 2. The largest absolute Gasteiger partial charge is 0.476 e. The molecule has 0 spiro atoms. The number of nitrogens with one attached hydrogen (secondary N) is 1. The molecule has 0 unspecified atom stereocenters. The zero-order valence-electron chi connectivity index (χ0n) is 19.7. The van der Waals surface area contributed by atoms with Crippen LogP contribution in [0.4, 0.5) is 11.4 Å². The van der Waals surface area contributed by atoms with Gasteiger partial charge in [-0.15, -0.1) is 0 Å². The zero-order chi connectivity index (χ0) is 26.0. The monoisotopic (exact) mass is 541 g/mol. The van der Waals surface area contributed by atoms with Crippen LogP contribution < -0.4 is 14.4 Å². The molecule has 0 aromatic heterocycles. The highest BCUT2D eigenvalue weighted by atomic mass is 35.5. The standard InChI is InChI=1S/C26H24ClN3O6S/c27-18-9-11-19(12-10-18)37(33,34)30-17-24(36-23-8-4-3-7-22(23)30)25(31)28-21-6-2-1-5-20(21)26(32)29-13-15-35-16-14-29/h1-12,24H,13-17H2,(H,28,31)/t24-/m0/s1. The van der Waals surface area contributed by atoms with Gasteiger partial charge in [0.1, 0.15) is 5.75 Å². The Morgan fingerprint density at radius 3 is 2.35 bits per heavy atom. The lowest BCUT2D eigenvalue weighted by Crippen LogP contribution is -2.49. The first-order valence-corrected chi connectivity index (χ1v) is 13.5. The number of hydrogen-bond acceptors (Lipinski definition) is 6. The summed E-state index contributed by atoms with van der Waals surface area (Å²) >= 11 is 5.94. The average molecular weight is 542 g/mol. The maximum atomic E-state index is 13.5. The Balaban J connectivity index is 1.42. The van der Waals surface area contributed by atoms with E-state index in [0.717, 1.165) is 4.31 Å². The molecule has 0 radical (unpaired) electrons. The molecule has 192 valence electrons. The number of ether oxygens (including phenoxy) is 2. The summed E-state index contributed by atoms with van der Waals surface area (Å²) in [6.07, 6.45) is -1.16. The SMILES string of the molecule is O=C(Nc1ccccc1C(=O)N1CCOCC1)[C@@H]1CN(S(=O)(=O)c2ccc(Cl)cc2)c2ccccc2O1. The third-order valence-corrected chi connectivity index (χ3v) is 8.19. The van der Waals surface area contributed by atoms with Gasteiger partial charge in [0.25, 0.3) is 21.8 Å². The average Bonchev–Trinajstić information content (AvgIpc) is 2.93. The summed E-state index contributed by atoms with van der Waals surface area (Å²) in [6.45, 7) is 1.57. The molecule has 2 aliphatic heterocycles. The molecule has 2 amide bonds. The van der Waals surface area contributed by atoms with Gasteiger partial charge in [-0.1, -0.05) is 35.9 Å². The summed E-state index contributed by atoms with van der Waals surface area (Å²) in [5.41, 5.74) is 0.975. The van der Waals surface area contributed by atoms with Gasteiger partial charge in [-0.3, -0.25) is 13.9 Å². The number of hydrogen-bond donors (Lipinski definition) is 1. The Kier molecular flexibility index (Phi) is 7.05. The van der Waals surface area contributed by atoms with Crippen LogP contribution in [0.5, 0.6) is 5.75 Å². The van der Waals surface area contributed by atoms with Crippen molar-refractivity contribution in [2.45, 2.75) is 11.0 Å². The number of carbonyl (C=O) groups is 2. The fourth-order valence-electron chi connectivity index (χ4n) is 4.23. The van der Waals surface area contributed by atoms with Gasteiger partial charge in [-0.2, -0.15) is 0 Å². The molecule has 3 aromatic rings. The van der Waals surface area contributed by atoms with E-state index < -0.39 is 22.0 Å². The molecule has 37 heavy (non-hydrogen) atoms. The molecule has 1 fully saturated rings. The first-order valence-electron chi connectivity index (χ1n) is 11.7. The Bertz CT molecular complexity index is 1420. The number of carbonyl (C=O) groups excluding carboxylic acids is 2. The van der Waals surface area contributed by atoms with Gasteiger partial charge < -0.3 is 19.7 Å². The second-order valence-electron chi connectivity index (χ2n) is 8.50. The van der Waals surface area contributed by atoms with Crippen LogP contribution >= 0.6 is 11.6 Å². The molecular weight excluding hydrogens is 518 g/mol. The van der Waals surface area contributed by atoms with E-state index in [-0.39, 0.29) is 23.1 Å². The Morgan fingerprint density at radius 2 is 1.59 bits per heavy atom. The van der Waals surface area contributed by atoms with E-state index in [2.05, 4.69) is 5.32 Å². The number of morpholine rings is 1. The normalized spacial score (nSPS) is 17.5. The van der Waals surface area contributed by atoms with Crippen molar-refractivity contribution in [2.24, 2.45) is 0 Å². The highest BCUT2D eigenvalue weighted by Gasteiger charge is 2.38. The third-order valence-electron chi connectivity index (χ3n) is 6.14. The number of rotatable bonds is 5. The van der Waals surface area contributed by atoms with Crippen molar-refractivity contribution in [2.75, 3.05) is 42.5 Å². The molecule has 2 heterocycles. The molecule has 1 N–H and O–H groups in total. The van der Waals surface area contributed by atoms with E-state index in [1.807, 2.05) is 0 Å². The minimum absolute atomic E-state index is 0.0363. The number of para-hydroxylation sites is 3. The maximum Gasteiger partial charge on any atom is 0.267 e. The van der Waals surface area contributed by atoms with Crippen molar-refractivity contribution in [3.8, 4) is 5.75 Å². The van der Waals surface area contributed by atoms with Crippen LogP contribution in [-0.4, -0.2) is 64.1 Å². The summed E-state index contributed by atoms with van der Waals surface area (Å²) in [5.74, 6) is -0.543. The van der Waals surface area contributed by atoms with Crippen molar-refractivity contribution >= 4 is 44.8 Å². The molecular formula is C26H24ClN3O6S. The number of amides is 2. The lowest BCUT2D eigenvalue weighted by molar-refractivity contribution is -0.122. The van der Waals surface area contributed by atoms with Crippen molar-refractivity contribution in [1.29, 1.82) is 0 Å². The molecule has 2 aliphatic rings. The fourth-order valence-corrected chi connectivity index (χ4v) is 5.83. The minimum atomic E-state index is -4.03. The van der Waals surface area contributed by atoms with Crippen LogP contribution in [0.3, 0.4) is 0 Å². The van der Waals surface area contributed by atoms with Crippen molar-refractivity contribution in [3.05, 3.63) is 83.4 Å². The lowest BCUT2D eigenvalue weighted by Gasteiger charge is -2.34. The van der Waals surface area contributed by atoms with Crippen LogP contribution in [0, 0.1) is 0 Å². The van der Waals surface area contributed by atoms with Crippen molar-refractivity contribution < 1.29 is 27.5 Å². The van der Waals surface area contributed by atoms with Gasteiger partial charge in [-0.05, 0) is 48.5 Å². The third kappa shape index (κ3) is 5.13. The van der Waals surface area contributed by atoms with Crippen LogP contribution in [0.1, 0.15) is 10.4 Å². The van der Waals surface area contributed by atoms with E-state index in [0.29, 0.717) is 48.3 Å². The quantitative estimate of drug-likeness (QED) is 0.531. The predicted molar refractivity (Wildman–Crippen MR) is 139 cm³/mol. The van der Waals surface area contributed by atoms with Crippen molar-refractivity contribution in [3.63, 3.8) is 0 Å². The maximum absolute atomic E-state index is 13.5. The molecule has 5 rings (SSSR count). The van der Waals surface area contributed by atoms with Gasteiger partial charge in [0, 0.05) is 18.1 Å². The zero-order valence-corrected chi connectivity index (χ0v) is 21.2. The second-order valence-corrected chi connectivity index (χ2v) is 10.8. The number of benzene rings is 3. The second kappa shape index (κ2) is 10.4. The molecule has 0 saturated carbocycles. The number of fused-ring (bicyclic) bond motifs is 1. The minimum Gasteiger partial charge on any atom is -0.476 e. The summed E-state index contributed by atoms with van der Waals surface area (Å²) in [7, 11) is -4.03. The highest BCUT2D eigenvalue weighted by molar-refractivity contribution is 7.92. The van der Waals surface area contributed by atoms with Gasteiger partial charge in [0.15, 0.2) is 6.10 Å². The molecule has 11 heteroatoms. The summed E-state index contributed by atoms with van der Waals surface area (Å²) in [6, 6.07) is 19.1. The number of anilines is 2. The van der Waals surface area contributed by atoms with Crippen LogP contribution in [0.15, 0.2) is 77.7 Å². The predicted octanol–water partition coefficient (Wildman–Crippen LogP) is 3.41. The molecule has 3 aromatic carbocycles. The summed E-state index contributed by atoms with van der Waals surface area (Å²) < 4.78 is 39.5. The molecule has 0 bridgehead atoms. The Hall–Kier alpha value is -3.60. The molecule has 1 atom stereocenters. The van der Waals surface area contributed by atoms with E-state index >= 15 is 0 Å². The van der Waals surface area contributed by atoms with Crippen LogP contribution in [0.25, 0.3) is 0 Å². The van der Waals surface area contributed by atoms with Gasteiger partial charge in [0.2, 0.25) is 0 Å².